The second-order valence-electron chi connectivity index (χ2n) is 6.81. The monoisotopic (exact) mass is 358 g/mol. The molecule has 0 fully saturated rings. The van der Waals surface area contributed by atoms with Crippen LogP contribution in [0.4, 0.5) is 0 Å². The third-order valence-corrected chi connectivity index (χ3v) is 5.19. The molecule has 0 bridgehead atoms. The van der Waals surface area contributed by atoms with Crippen LogP contribution in [0.5, 0.6) is 0 Å². The van der Waals surface area contributed by atoms with Crippen molar-refractivity contribution in [1.82, 2.24) is 29.9 Å². The minimum absolute atomic E-state index is 0.0272. The van der Waals surface area contributed by atoms with E-state index in [4.69, 9.17) is 0 Å². The van der Waals surface area contributed by atoms with Crippen molar-refractivity contribution in [2.75, 3.05) is 0 Å². The molecule has 134 valence electrons. The number of imidazole rings is 1. The van der Waals surface area contributed by atoms with Crippen LogP contribution < -0.4 is 0 Å². The maximum absolute atomic E-state index is 13.4. The highest BCUT2D eigenvalue weighted by molar-refractivity contribution is 5.97. The number of nitrogens with one attached hydrogen (secondary N) is 1. The highest BCUT2D eigenvalue weighted by atomic mass is 16.2. The van der Waals surface area contributed by atoms with Gasteiger partial charge in [-0.3, -0.25) is 4.79 Å². The minimum atomic E-state index is -0.0490. The summed E-state index contributed by atoms with van der Waals surface area (Å²) in [4.78, 5) is 19.8. The summed E-state index contributed by atoms with van der Waals surface area (Å²) in [6.07, 6.45) is 1.87. The van der Waals surface area contributed by atoms with Crippen molar-refractivity contribution in [2.45, 2.75) is 26.1 Å². The van der Waals surface area contributed by atoms with Gasteiger partial charge >= 0.3 is 0 Å². The summed E-state index contributed by atoms with van der Waals surface area (Å²) >= 11 is 0. The Morgan fingerprint density at radius 1 is 1.11 bits per heavy atom. The van der Waals surface area contributed by atoms with Crippen LogP contribution in [0.15, 0.2) is 54.7 Å². The third-order valence-electron chi connectivity index (χ3n) is 5.19. The maximum Gasteiger partial charge on any atom is 0.254 e. The van der Waals surface area contributed by atoms with Gasteiger partial charge in [-0.05, 0) is 30.7 Å². The standard InChI is InChI=1S/C20H18N6O/c1-13-10-21-19-12-26(18(11-25(13)19)14-5-3-2-4-6-14)20(27)15-7-8-16-17(9-15)23-24-22-16/h2-10,18H,11-12H2,1H3,(H,22,23,24). The van der Waals surface area contributed by atoms with Crippen molar-refractivity contribution in [2.24, 2.45) is 0 Å². The number of hydrogen-bond acceptors (Lipinski definition) is 4. The fraction of sp³-hybridized carbons (Fsp3) is 0.200. The second kappa shape index (κ2) is 6.05. The molecule has 27 heavy (non-hydrogen) atoms. The van der Waals surface area contributed by atoms with Crippen LogP contribution in [0.2, 0.25) is 0 Å². The quantitative estimate of drug-likeness (QED) is 0.597. The number of benzene rings is 2. The van der Waals surface area contributed by atoms with Gasteiger partial charge in [0, 0.05) is 24.0 Å². The van der Waals surface area contributed by atoms with Crippen LogP contribution in [0.25, 0.3) is 11.0 Å². The van der Waals surface area contributed by atoms with Gasteiger partial charge in [-0.25, -0.2) is 4.98 Å². The molecule has 1 aliphatic rings. The Morgan fingerprint density at radius 2 is 1.93 bits per heavy atom. The first-order chi connectivity index (χ1) is 13.2. The molecule has 7 heteroatoms. The van der Waals surface area contributed by atoms with E-state index in [1.54, 1.807) is 6.07 Å². The van der Waals surface area contributed by atoms with Crippen molar-refractivity contribution in [3.05, 3.63) is 77.4 Å². The number of H-pyrrole nitrogens is 1. The number of rotatable bonds is 2. The molecule has 1 aliphatic heterocycles. The average Bonchev–Trinajstić information content (AvgIpc) is 3.33. The van der Waals surface area contributed by atoms with E-state index >= 15 is 0 Å². The van der Waals surface area contributed by atoms with E-state index in [0.29, 0.717) is 24.2 Å². The number of hydrogen-bond donors (Lipinski definition) is 1. The second-order valence-corrected chi connectivity index (χ2v) is 6.81. The van der Waals surface area contributed by atoms with Gasteiger partial charge in [0.2, 0.25) is 0 Å². The van der Waals surface area contributed by atoms with Crippen LogP contribution in [-0.4, -0.2) is 35.8 Å². The summed E-state index contributed by atoms with van der Waals surface area (Å²) in [7, 11) is 0. The van der Waals surface area contributed by atoms with Gasteiger partial charge in [0.15, 0.2) is 0 Å². The van der Waals surface area contributed by atoms with Gasteiger partial charge in [-0.2, -0.15) is 15.4 Å². The Morgan fingerprint density at radius 3 is 2.78 bits per heavy atom. The predicted molar refractivity (Wildman–Crippen MR) is 99.9 cm³/mol. The summed E-state index contributed by atoms with van der Waals surface area (Å²) in [5, 5.41) is 10.7. The molecule has 2 aromatic heterocycles. The molecular weight excluding hydrogens is 340 g/mol. The van der Waals surface area contributed by atoms with E-state index in [9.17, 15) is 4.79 Å². The number of carbonyl (C=O) groups is 1. The maximum atomic E-state index is 13.4. The lowest BCUT2D eigenvalue weighted by atomic mass is 10.0. The van der Waals surface area contributed by atoms with Crippen molar-refractivity contribution in [1.29, 1.82) is 0 Å². The fourth-order valence-corrected chi connectivity index (χ4v) is 3.73. The minimum Gasteiger partial charge on any atom is -0.328 e. The lowest BCUT2D eigenvalue weighted by Gasteiger charge is -2.37. The molecule has 2 aromatic carbocycles. The van der Waals surface area contributed by atoms with Crippen molar-refractivity contribution in [3.63, 3.8) is 0 Å². The SMILES string of the molecule is Cc1cnc2n1CC(c1ccccc1)N(C(=O)c1ccc3n[nH]nc3c1)C2. The molecule has 1 N–H and O–H groups in total. The molecule has 0 saturated heterocycles. The first-order valence-electron chi connectivity index (χ1n) is 8.88. The van der Waals surface area contributed by atoms with Crippen LogP contribution in [0.3, 0.4) is 0 Å². The van der Waals surface area contributed by atoms with Gasteiger partial charge < -0.3 is 9.47 Å². The van der Waals surface area contributed by atoms with Crippen molar-refractivity contribution < 1.29 is 4.79 Å². The van der Waals surface area contributed by atoms with Crippen LogP contribution in [0.1, 0.15) is 33.5 Å². The molecule has 0 aliphatic carbocycles. The topological polar surface area (TPSA) is 79.7 Å². The number of carbonyl (C=O) groups excluding carboxylic acids is 1. The van der Waals surface area contributed by atoms with Crippen LogP contribution in [0, 0.1) is 6.92 Å². The van der Waals surface area contributed by atoms with Gasteiger partial charge in [0.05, 0.1) is 12.6 Å². The van der Waals surface area contributed by atoms with Crippen molar-refractivity contribution >= 4 is 16.9 Å². The predicted octanol–water partition coefficient (Wildman–Crippen LogP) is 2.86. The van der Waals surface area contributed by atoms with E-state index in [2.05, 4.69) is 44.0 Å². The zero-order chi connectivity index (χ0) is 18.4. The molecule has 0 spiro atoms. The molecule has 4 aromatic rings. The Balaban J connectivity index is 1.57. The number of amides is 1. The lowest BCUT2D eigenvalue weighted by Crippen LogP contribution is -2.41. The highest BCUT2D eigenvalue weighted by Crippen LogP contribution is 2.31. The van der Waals surface area contributed by atoms with E-state index in [-0.39, 0.29) is 11.9 Å². The van der Waals surface area contributed by atoms with Gasteiger partial charge in [-0.15, -0.1) is 0 Å². The molecule has 3 heterocycles. The zero-order valence-corrected chi connectivity index (χ0v) is 14.8. The number of aromatic nitrogens is 5. The van der Waals surface area contributed by atoms with Gasteiger partial charge in [0.1, 0.15) is 16.9 Å². The van der Waals surface area contributed by atoms with E-state index < -0.39 is 0 Å². The zero-order valence-electron chi connectivity index (χ0n) is 14.8. The smallest absolute Gasteiger partial charge is 0.254 e. The third kappa shape index (κ3) is 2.59. The molecule has 1 atom stereocenters. The Kier molecular flexibility index (Phi) is 3.53. The number of fused-ring (bicyclic) bond motifs is 2. The molecule has 1 amide bonds. The van der Waals surface area contributed by atoms with Gasteiger partial charge in [-0.1, -0.05) is 30.3 Å². The number of nitrogens with zero attached hydrogens (tertiary/aromatic N) is 5. The number of aromatic amines is 1. The molecule has 0 saturated carbocycles. The van der Waals surface area contributed by atoms with Gasteiger partial charge in [0.25, 0.3) is 5.91 Å². The first kappa shape index (κ1) is 15.7. The summed E-state index contributed by atoms with van der Waals surface area (Å²) in [6.45, 7) is 3.22. The summed E-state index contributed by atoms with van der Waals surface area (Å²) in [5.41, 5.74) is 4.27. The average molecular weight is 358 g/mol. The summed E-state index contributed by atoms with van der Waals surface area (Å²) in [5.74, 6) is 0.885. The van der Waals surface area contributed by atoms with Crippen LogP contribution >= 0.6 is 0 Å². The number of aryl methyl sites for hydroxylation is 1. The molecule has 7 nitrogen and oxygen atoms in total. The van der Waals surface area contributed by atoms with E-state index in [1.165, 1.54) is 0 Å². The molecule has 1 unspecified atom stereocenters. The van der Waals surface area contributed by atoms with E-state index in [1.807, 2.05) is 41.4 Å². The lowest BCUT2D eigenvalue weighted by molar-refractivity contribution is 0.0583. The summed E-state index contributed by atoms with van der Waals surface area (Å²) < 4.78 is 2.20. The van der Waals surface area contributed by atoms with E-state index in [0.717, 1.165) is 22.6 Å². The first-order valence-corrected chi connectivity index (χ1v) is 8.88. The Hall–Kier alpha value is -3.48. The van der Waals surface area contributed by atoms with Crippen LogP contribution in [-0.2, 0) is 13.1 Å². The fourth-order valence-electron chi connectivity index (χ4n) is 3.73. The normalized spacial score (nSPS) is 16.5. The largest absolute Gasteiger partial charge is 0.328 e. The molecule has 5 rings (SSSR count). The Labute approximate surface area is 155 Å². The highest BCUT2D eigenvalue weighted by Gasteiger charge is 2.33. The summed E-state index contributed by atoms with van der Waals surface area (Å²) in [6, 6.07) is 15.5. The molecular formula is C20H18N6O. The van der Waals surface area contributed by atoms with Crippen molar-refractivity contribution in [3.8, 4) is 0 Å². The molecule has 0 radical (unpaired) electrons. The Bertz CT molecular complexity index is 1130.